The summed E-state index contributed by atoms with van der Waals surface area (Å²) in [5.74, 6) is 1.92. The average molecular weight is 340 g/mol. The molecule has 0 saturated carbocycles. The summed E-state index contributed by atoms with van der Waals surface area (Å²) in [7, 11) is 4.14. The molecule has 0 radical (unpaired) electrons. The van der Waals surface area contributed by atoms with Crippen molar-refractivity contribution in [1.29, 1.82) is 0 Å². The van der Waals surface area contributed by atoms with E-state index < -0.39 is 0 Å². The van der Waals surface area contributed by atoms with Crippen molar-refractivity contribution >= 4 is 11.6 Å². The molecule has 1 fully saturated rings. The van der Waals surface area contributed by atoms with E-state index in [4.69, 9.17) is 0 Å². The third-order valence-corrected chi connectivity index (χ3v) is 4.46. The number of likely N-dealkylation sites (N-methyl/N-ethyl adjacent to an activating group) is 1. The van der Waals surface area contributed by atoms with Crippen LogP contribution in [0.15, 0.2) is 42.7 Å². The van der Waals surface area contributed by atoms with Gasteiger partial charge in [0.2, 0.25) is 0 Å². The van der Waals surface area contributed by atoms with Gasteiger partial charge in [-0.3, -0.25) is 4.90 Å². The van der Waals surface area contributed by atoms with Crippen LogP contribution >= 0.6 is 0 Å². The van der Waals surface area contributed by atoms with Gasteiger partial charge >= 0.3 is 0 Å². The first-order valence-electron chi connectivity index (χ1n) is 8.92. The number of hydrogen-bond acceptors (Lipinski definition) is 6. The molecule has 1 N–H and O–H groups in total. The number of rotatable bonds is 7. The maximum atomic E-state index is 4.46. The highest BCUT2D eigenvalue weighted by molar-refractivity contribution is 5.48. The van der Waals surface area contributed by atoms with Gasteiger partial charge in [-0.1, -0.05) is 30.3 Å². The van der Waals surface area contributed by atoms with Gasteiger partial charge in [-0.25, -0.2) is 9.97 Å². The molecule has 1 saturated heterocycles. The smallest absolute Gasteiger partial charge is 0.134 e. The number of benzene rings is 1. The Hall–Kier alpha value is -2.18. The fourth-order valence-electron chi connectivity index (χ4n) is 3.00. The third kappa shape index (κ3) is 5.41. The van der Waals surface area contributed by atoms with E-state index in [1.807, 2.05) is 0 Å². The summed E-state index contributed by atoms with van der Waals surface area (Å²) in [5, 5.41) is 3.37. The van der Waals surface area contributed by atoms with Crippen molar-refractivity contribution in [1.82, 2.24) is 19.8 Å². The van der Waals surface area contributed by atoms with Gasteiger partial charge in [0, 0.05) is 51.9 Å². The second-order valence-corrected chi connectivity index (χ2v) is 6.74. The van der Waals surface area contributed by atoms with Crippen molar-refractivity contribution < 1.29 is 0 Å². The van der Waals surface area contributed by atoms with E-state index in [1.54, 1.807) is 6.33 Å². The molecule has 0 amide bonds. The Bertz CT molecular complexity index is 637. The van der Waals surface area contributed by atoms with Crippen molar-refractivity contribution in [2.75, 3.05) is 63.6 Å². The number of nitrogens with one attached hydrogen (secondary N) is 1. The molecule has 0 bridgehead atoms. The molecule has 2 heterocycles. The van der Waals surface area contributed by atoms with Crippen molar-refractivity contribution in [3.63, 3.8) is 0 Å². The summed E-state index contributed by atoms with van der Waals surface area (Å²) in [6.45, 7) is 7.01. The van der Waals surface area contributed by atoms with E-state index >= 15 is 0 Å². The highest BCUT2D eigenvalue weighted by Gasteiger charge is 2.18. The third-order valence-electron chi connectivity index (χ3n) is 4.46. The van der Waals surface area contributed by atoms with Gasteiger partial charge in [0.1, 0.15) is 18.0 Å². The van der Waals surface area contributed by atoms with Gasteiger partial charge in [-0.15, -0.1) is 0 Å². The standard InChI is InChI=1S/C19H28N6/c1-23(2)9-8-20-18-14-19(22-16-21-18)25-12-10-24(11-13-25)15-17-6-4-3-5-7-17/h3-7,14,16H,8-13,15H2,1-2H3,(H,20,21,22). The molecule has 0 aliphatic carbocycles. The van der Waals surface area contributed by atoms with E-state index in [2.05, 4.69) is 80.5 Å². The molecule has 6 heteroatoms. The maximum absolute atomic E-state index is 4.46. The van der Waals surface area contributed by atoms with Crippen LogP contribution in [0.25, 0.3) is 0 Å². The predicted molar refractivity (Wildman–Crippen MR) is 103 cm³/mol. The summed E-state index contributed by atoms with van der Waals surface area (Å²) in [5.41, 5.74) is 1.38. The Morgan fingerprint density at radius 1 is 1.04 bits per heavy atom. The molecule has 6 nitrogen and oxygen atoms in total. The lowest BCUT2D eigenvalue weighted by molar-refractivity contribution is 0.249. The lowest BCUT2D eigenvalue weighted by Crippen LogP contribution is -2.46. The SMILES string of the molecule is CN(C)CCNc1cc(N2CCN(Cc3ccccc3)CC2)ncn1. The Balaban J connectivity index is 1.50. The Kier molecular flexibility index (Phi) is 6.19. The van der Waals surface area contributed by atoms with E-state index in [-0.39, 0.29) is 0 Å². The number of aromatic nitrogens is 2. The molecule has 2 aromatic rings. The summed E-state index contributed by atoms with van der Waals surface area (Å²) < 4.78 is 0. The first-order chi connectivity index (χ1) is 12.2. The zero-order valence-corrected chi connectivity index (χ0v) is 15.2. The minimum atomic E-state index is 0.883. The topological polar surface area (TPSA) is 47.5 Å². The minimum Gasteiger partial charge on any atom is -0.369 e. The first kappa shape index (κ1) is 17.6. The first-order valence-corrected chi connectivity index (χ1v) is 8.92. The van der Waals surface area contributed by atoms with Crippen LogP contribution in [-0.2, 0) is 6.54 Å². The number of nitrogens with zero attached hydrogens (tertiary/aromatic N) is 5. The molecule has 0 spiro atoms. The monoisotopic (exact) mass is 340 g/mol. The highest BCUT2D eigenvalue weighted by Crippen LogP contribution is 2.17. The molecule has 134 valence electrons. The van der Waals surface area contributed by atoms with Crippen LogP contribution in [0.4, 0.5) is 11.6 Å². The summed E-state index contributed by atoms with van der Waals surface area (Å²) in [6, 6.07) is 12.7. The lowest BCUT2D eigenvalue weighted by atomic mass is 10.2. The normalized spacial score (nSPS) is 15.6. The zero-order chi connectivity index (χ0) is 17.5. The van der Waals surface area contributed by atoms with Crippen LogP contribution in [0, 0.1) is 0 Å². The fraction of sp³-hybridized carbons (Fsp3) is 0.474. The van der Waals surface area contributed by atoms with Crippen LogP contribution in [-0.4, -0.2) is 73.1 Å². The largest absolute Gasteiger partial charge is 0.369 e. The molecule has 1 aromatic carbocycles. The molecule has 25 heavy (non-hydrogen) atoms. The Morgan fingerprint density at radius 2 is 1.80 bits per heavy atom. The number of piperazine rings is 1. The van der Waals surface area contributed by atoms with E-state index in [9.17, 15) is 0 Å². The minimum absolute atomic E-state index is 0.883. The van der Waals surface area contributed by atoms with Gasteiger partial charge in [0.05, 0.1) is 0 Å². The summed E-state index contributed by atoms with van der Waals surface area (Å²) in [6.07, 6.45) is 1.66. The molecule has 0 unspecified atom stereocenters. The molecule has 1 aliphatic rings. The van der Waals surface area contributed by atoms with Gasteiger partial charge < -0.3 is 15.1 Å². The summed E-state index contributed by atoms with van der Waals surface area (Å²) >= 11 is 0. The van der Waals surface area contributed by atoms with Crippen LogP contribution in [0.1, 0.15) is 5.56 Å². The van der Waals surface area contributed by atoms with Crippen LogP contribution in [0.2, 0.25) is 0 Å². The van der Waals surface area contributed by atoms with Gasteiger partial charge in [-0.2, -0.15) is 0 Å². The molecule has 1 aromatic heterocycles. The Labute approximate surface area is 150 Å². The molecule has 1 aliphatic heterocycles. The fourth-order valence-corrected chi connectivity index (χ4v) is 3.00. The van der Waals surface area contributed by atoms with Crippen LogP contribution in [0.3, 0.4) is 0 Å². The van der Waals surface area contributed by atoms with Crippen molar-refractivity contribution in [3.8, 4) is 0 Å². The van der Waals surface area contributed by atoms with E-state index in [1.165, 1.54) is 5.56 Å². The molecule has 0 atom stereocenters. The predicted octanol–water partition coefficient (Wildman–Crippen LogP) is 1.77. The lowest BCUT2D eigenvalue weighted by Gasteiger charge is -2.35. The van der Waals surface area contributed by atoms with Gasteiger partial charge in [0.15, 0.2) is 0 Å². The number of hydrogen-bond donors (Lipinski definition) is 1. The van der Waals surface area contributed by atoms with E-state index in [0.717, 1.165) is 57.4 Å². The van der Waals surface area contributed by atoms with E-state index in [0.29, 0.717) is 0 Å². The zero-order valence-electron chi connectivity index (χ0n) is 15.2. The Morgan fingerprint density at radius 3 is 2.52 bits per heavy atom. The quantitative estimate of drug-likeness (QED) is 0.829. The van der Waals surface area contributed by atoms with Crippen molar-refractivity contribution in [2.24, 2.45) is 0 Å². The molecular weight excluding hydrogens is 312 g/mol. The van der Waals surface area contributed by atoms with Crippen molar-refractivity contribution in [3.05, 3.63) is 48.3 Å². The van der Waals surface area contributed by atoms with Gasteiger partial charge in [-0.05, 0) is 19.7 Å². The van der Waals surface area contributed by atoms with Crippen molar-refractivity contribution in [2.45, 2.75) is 6.54 Å². The molecular formula is C19H28N6. The second-order valence-electron chi connectivity index (χ2n) is 6.74. The average Bonchev–Trinajstić information content (AvgIpc) is 2.63. The van der Waals surface area contributed by atoms with Gasteiger partial charge in [0.25, 0.3) is 0 Å². The maximum Gasteiger partial charge on any atom is 0.134 e. The van der Waals surface area contributed by atoms with Crippen LogP contribution < -0.4 is 10.2 Å². The number of anilines is 2. The summed E-state index contributed by atoms with van der Waals surface area (Å²) in [4.78, 5) is 15.8. The molecule has 3 rings (SSSR count). The van der Waals surface area contributed by atoms with Crippen LogP contribution in [0.5, 0.6) is 0 Å². The highest BCUT2D eigenvalue weighted by atomic mass is 15.3. The second kappa shape index (κ2) is 8.78.